The Kier molecular flexibility index (Phi) is 6.60. The monoisotopic (exact) mass is 406 g/mol. The Labute approximate surface area is 170 Å². The van der Waals surface area contributed by atoms with Crippen LogP contribution in [-0.2, 0) is 14.3 Å². The van der Waals surface area contributed by atoms with E-state index in [1.807, 2.05) is 0 Å². The lowest BCUT2D eigenvalue weighted by Gasteiger charge is -2.30. The van der Waals surface area contributed by atoms with E-state index in [1.165, 1.54) is 6.42 Å². The van der Waals surface area contributed by atoms with Crippen molar-refractivity contribution in [3.8, 4) is 0 Å². The lowest BCUT2D eigenvalue weighted by atomic mass is 9.86. The van der Waals surface area contributed by atoms with Crippen LogP contribution in [0, 0.1) is 5.92 Å². The summed E-state index contributed by atoms with van der Waals surface area (Å²) in [5, 5.41) is 3.41. The highest BCUT2D eigenvalue weighted by Gasteiger charge is 2.28. The summed E-state index contributed by atoms with van der Waals surface area (Å²) in [6, 6.07) is 4.81. The fraction of sp³-hybridized carbons (Fsp3) is 0.571. The van der Waals surface area contributed by atoms with Gasteiger partial charge in [-0.15, -0.1) is 0 Å². The van der Waals surface area contributed by atoms with Gasteiger partial charge in [-0.2, -0.15) is 0 Å². The van der Waals surface area contributed by atoms with E-state index in [1.54, 1.807) is 30.0 Å². The number of esters is 1. The molecule has 28 heavy (non-hydrogen) atoms. The van der Waals surface area contributed by atoms with Crippen molar-refractivity contribution in [2.45, 2.75) is 64.5 Å². The Hall–Kier alpha value is -2.08. The number of rotatable bonds is 5. The van der Waals surface area contributed by atoms with E-state index in [9.17, 15) is 14.4 Å². The van der Waals surface area contributed by atoms with Crippen molar-refractivity contribution < 1.29 is 19.1 Å². The summed E-state index contributed by atoms with van der Waals surface area (Å²) >= 11 is 6.21. The number of halogens is 1. The van der Waals surface area contributed by atoms with E-state index >= 15 is 0 Å². The number of hydrogen-bond donors (Lipinski definition) is 1. The number of anilines is 1. The summed E-state index contributed by atoms with van der Waals surface area (Å²) in [5.74, 6) is -0.473. The Bertz CT molecular complexity index is 767. The summed E-state index contributed by atoms with van der Waals surface area (Å²) in [6.45, 7) is 4.28. The van der Waals surface area contributed by atoms with Crippen molar-refractivity contribution in [1.29, 1.82) is 0 Å². The van der Waals surface area contributed by atoms with Crippen LogP contribution < -0.4 is 10.2 Å². The first-order chi connectivity index (χ1) is 13.4. The second-order valence-corrected chi connectivity index (χ2v) is 8.15. The lowest BCUT2D eigenvalue weighted by Crippen LogP contribution is -2.46. The molecule has 0 aromatic heterocycles. The fourth-order valence-electron chi connectivity index (χ4n) is 3.86. The van der Waals surface area contributed by atoms with Gasteiger partial charge >= 0.3 is 5.97 Å². The van der Waals surface area contributed by atoms with Crippen molar-refractivity contribution in [1.82, 2.24) is 5.32 Å². The summed E-state index contributed by atoms with van der Waals surface area (Å²) < 4.78 is 5.36. The molecule has 3 rings (SSSR count). The molecule has 1 heterocycles. The second kappa shape index (κ2) is 8.95. The highest BCUT2D eigenvalue weighted by molar-refractivity contribution is 6.34. The summed E-state index contributed by atoms with van der Waals surface area (Å²) in [7, 11) is 0. The Morgan fingerprint density at radius 1 is 1.25 bits per heavy atom. The number of nitrogens with one attached hydrogen (secondary N) is 1. The predicted molar refractivity (Wildman–Crippen MR) is 107 cm³/mol. The number of hydrogen-bond acceptors (Lipinski definition) is 4. The molecule has 1 aliphatic carbocycles. The van der Waals surface area contributed by atoms with Crippen LogP contribution in [0.3, 0.4) is 0 Å². The van der Waals surface area contributed by atoms with Crippen LogP contribution in [0.1, 0.15) is 62.7 Å². The molecule has 0 radical (unpaired) electrons. The molecule has 1 saturated carbocycles. The third-order valence-corrected chi connectivity index (χ3v) is 5.96. The molecule has 7 heteroatoms. The van der Waals surface area contributed by atoms with Gasteiger partial charge in [0.05, 0.1) is 16.3 Å². The number of carbonyl (C=O) groups is 3. The lowest BCUT2D eigenvalue weighted by molar-refractivity contribution is -0.130. The average molecular weight is 407 g/mol. The van der Waals surface area contributed by atoms with Crippen molar-refractivity contribution in [2.24, 2.45) is 5.92 Å². The van der Waals surface area contributed by atoms with E-state index in [2.05, 4.69) is 12.2 Å². The minimum atomic E-state index is -0.894. The SMILES string of the molecule is C[C@@H]1CCCC[C@H]1NC(=O)[C@@H](C)OC(=O)c1ccc(Cl)c(N2CCCC2=O)c1. The predicted octanol–water partition coefficient (Wildman–Crippen LogP) is 3.71. The zero-order valence-electron chi connectivity index (χ0n) is 16.4. The first-order valence-corrected chi connectivity index (χ1v) is 10.4. The Balaban J connectivity index is 1.63. The molecule has 152 valence electrons. The van der Waals surface area contributed by atoms with Gasteiger partial charge in [0, 0.05) is 19.0 Å². The molecule has 0 bridgehead atoms. The van der Waals surface area contributed by atoms with Crippen LogP contribution in [-0.4, -0.2) is 36.5 Å². The molecule has 1 N–H and O–H groups in total. The van der Waals surface area contributed by atoms with Crippen molar-refractivity contribution in [3.05, 3.63) is 28.8 Å². The highest BCUT2D eigenvalue weighted by atomic mass is 35.5. The third kappa shape index (κ3) is 4.66. The van der Waals surface area contributed by atoms with Gasteiger partial charge in [0.1, 0.15) is 0 Å². The minimum absolute atomic E-state index is 0.0123. The Morgan fingerprint density at radius 3 is 2.68 bits per heavy atom. The largest absolute Gasteiger partial charge is 0.449 e. The zero-order valence-corrected chi connectivity index (χ0v) is 17.1. The van der Waals surface area contributed by atoms with E-state index in [0.717, 1.165) is 25.7 Å². The van der Waals surface area contributed by atoms with Gasteiger partial charge in [0.25, 0.3) is 5.91 Å². The maximum absolute atomic E-state index is 12.5. The number of nitrogens with zero attached hydrogens (tertiary/aromatic N) is 1. The van der Waals surface area contributed by atoms with Gasteiger partial charge in [0.2, 0.25) is 5.91 Å². The first kappa shape index (κ1) is 20.6. The van der Waals surface area contributed by atoms with Gasteiger partial charge in [-0.05, 0) is 50.3 Å². The maximum Gasteiger partial charge on any atom is 0.338 e. The number of benzene rings is 1. The second-order valence-electron chi connectivity index (χ2n) is 7.74. The van der Waals surface area contributed by atoms with E-state index in [4.69, 9.17) is 16.3 Å². The van der Waals surface area contributed by atoms with Gasteiger partial charge in [-0.1, -0.05) is 31.4 Å². The van der Waals surface area contributed by atoms with Crippen molar-refractivity contribution >= 4 is 35.1 Å². The highest BCUT2D eigenvalue weighted by Crippen LogP contribution is 2.30. The zero-order chi connectivity index (χ0) is 20.3. The van der Waals surface area contributed by atoms with Gasteiger partial charge in [-0.3, -0.25) is 9.59 Å². The number of carbonyl (C=O) groups excluding carboxylic acids is 3. The van der Waals surface area contributed by atoms with Crippen LogP contribution in [0.25, 0.3) is 0 Å². The van der Waals surface area contributed by atoms with Gasteiger partial charge in [0.15, 0.2) is 6.10 Å². The van der Waals surface area contributed by atoms with E-state index in [0.29, 0.717) is 29.6 Å². The van der Waals surface area contributed by atoms with E-state index in [-0.39, 0.29) is 23.4 Å². The topological polar surface area (TPSA) is 75.7 Å². The average Bonchev–Trinajstić information content (AvgIpc) is 3.09. The Morgan fingerprint density at radius 2 is 2.00 bits per heavy atom. The molecule has 2 aliphatic rings. The molecule has 3 atom stereocenters. The molecule has 1 aliphatic heterocycles. The van der Waals surface area contributed by atoms with E-state index < -0.39 is 12.1 Å². The smallest absolute Gasteiger partial charge is 0.338 e. The molecule has 1 aromatic rings. The molecular formula is C21H27ClN2O4. The van der Waals surface area contributed by atoms with Crippen LogP contribution in [0.5, 0.6) is 0 Å². The molecule has 2 fully saturated rings. The standard InChI is InChI=1S/C21H27ClN2O4/c1-13-6-3-4-7-17(13)23-20(26)14(2)28-21(27)15-9-10-16(22)18(12-15)24-11-5-8-19(24)25/h9-10,12-14,17H,3-8,11H2,1-2H3,(H,23,26)/t13-,14-,17-/m1/s1. The molecule has 1 aromatic carbocycles. The van der Waals surface area contributed by atoms with Crippen molar-refractivity contribution in [3.63, 3.8) is 0 Å². The van der Waals surface area contributed by atoms with Crippen LogP contribution in [0.2, 0.25) is 5.02 Å². The quantitative estimate of drug-likeness (QED) is 0.756. The van der Waals surface area contributed by atoms with Crippen LogP contribution in [0.4, 0.5) is 5.69 Å². The third-order valence-electron chi connectivity index (χ3n) is 5.64. The molecular weight excluding hydrogens is 380 g/mol. The summed E-state index contributed by atoms with van der Waals surface area (Å²) in [5.41, 5.74) is 0.775. The molecule has 1 saturated heterocycles. The number of ether oxygens (including phenoxy) is 1. The van der Waals surface area contributed by atoms with Crippen LogP contribution >= 0.6 is 11.6 Å². The first-order valence-electron chi connectivity index (χ1n) is 9.98. The van der Waals surface area contributed by atoms with Gasteiger partial charge in [-0.25, -0.2) is 4.79 Å². The fourth-order valence-corrected chi connectivity index (χ4v) is 4.08. The normalized spacial score (nSPS) is 23.4. The minimum Gasteiger partial charge on any atom is -0.449 e. The van der Waals surface area contributed by atoms with Gasteiger partial charge < -0.3 is 15.0 Å². The van der Waals surface area contributed by atoms with Crippen LogP contribution in [0.15, 0.2) is 18.2 Å². The molecule has 6 nitrogen and oxygen atoms in total. The molecule has 0 unspecified atom stereocenters. The summed E-state index contributed by atoms with van der Waals surface area (Å²) in [6.07, 6.45) is 4.69. The molecule has 0 spiro atoms. The number of amides is 2. The maximum atomic E-state index is 12.5. The molecule has 2 amide bonds. The van der Waals surface area contributed by atoms with Crippen molar-refractivity contribution in [2.75, 3.05) is 11.4 Å². The summed E-state index contributed by atoms with van der Waals surface area (Å²) in [4.78, 5) is 38.5.